The van der Waals surface area contributed by atoms with E-state index >= 15 is 0 Å². The first-order valence-electron chi connectivity index (χ1n) is 3.33. The maximum absolute atomic E-state index is 10.2. The zero-order chi connectivity index (χ0) is 10.7. The van der Waals surface area contributed by atoms with Crippen LogP contribution >= 0.6 is 16.0 Å². The quantitative estimate of drug-likeness (QED) is 0.477. The molecule has 13 heavy (non-hydrogen) atoms. The van der Waals surface area contributed by atoms with Crippen LogP contribution < -0.4 is 0 Å². The summed E-state index contributed by atoms with van der Waals surface area (Å²) < 4.78 is 4.17. The van der Waals surface area contributed by atoms with Crippen molar-refractivity contribution in [1.29, 1.82) is 0 Å². The zero-order valence-electron chi connectivity index (χ0n) is 7.04. The summed E-state index contributed by atoms with van der Waals surface area (Å²) in [5, 5.41) is 0. The second kappa shape index (κ2) is 4.41. The Bertz CT molecular complexity index is 210. The van der Waals surface area contributed by atoms with Gasteiger partial charge in [0.25, 0.3) is 0 Å². The third kappa shape index (κ3) is 3.64. The van der Waals surface area contributed by atoms with E-state index in [-0.39, 0.29) is 0 Å². The van der Waals surface area contributed by atoms with Gasteiger partial charge in [-0.05, 0) is 0 Å². The van der Waals surface area contributed by atoms with Gasteiger partial charge in [-0.1, -0.05) is 0 Å². The van der Waals surface area contributed by atoms with Crippen LogP contribution in [0, 0.1) is 9.81 Å². The van der Waals surface area contributed by atoms with Crippen molar-refractivity contribution in [3.63, 3.8) is 0 Å². The van der Waals surface area contributed by atoms with Gasteiger partial charge in [-0.25, -0.2) is 0 Å². The molecule has 0 heterocycles. The monoisotopic (exact) mass is 234 g/mol. The zero-order valence-corrected chi connectivity index (χ0v) is 9.04. The molecule has 0 spiro atoms. The molecular weight excluding hydrogens is 222 g/mol. The third-order valence-corrected chi connectivity index (χ3v) is 5.59. The number of rotatable bonds is 5. The average Bonchev–Trinajstić information content (AvgIpc) is 2.03. The molecule has 0 saturated carbocycles. The molecule has 0 unspecified atom stereocenters. The topological polar surface area (TPSA) is 129 Å². The molecule has 0 fully saturated rings. The molecule has 0 aliphatic carbocycles. The van der Waals surface area contributed by atoms with Crippen LogP contribution in [0.1, 0.15) is 13.8 Å². The number of nitrogens with zero attached hydrogens (tertiary/aromatic N) is 2. The minimum absolute atomic E-state index is 0.696. The van der Waals surface area contributed by atoms with Crippen LogP contribution in [0.3, 0.4) is 0 Å². The summed E-state index contributed by atoms with van der Waals surface area (Å²) in [6, 6.07) is 0. The summed E-state index contributed by atoms with van der Waals surface area (Å²) in [7, 11) is -8.93. The van der Waals surface area contributed by atoms with Crippen molar-refractivity contribution in [3.05, 3.63) is 9.81 Å². The first-order chi connectivity index (χ1) is 5.77. The van der Waals surface area contributed by atoms with Crippen molar-refractivity contribution in [2.75, 3.05) is 0 Å². The van der Waals surface area contributed by atoms with E-state index in [1.165, 1.54) is 13.8 Å². The predicted octanol–water partition coefficient (Wildman–Crippen LogP) is 0.826. The molecule has 0 bridgehead atoms. The Labute approximate surface area is 75.1 Å². The number of nitroso groups, excluding NO2 is 2. The Kier molecular flexibility index (Phi) is 4.38. The van der Waals surface area contributed by atoms with Gasteiger partial charge in [0.1, 0.15) is 0 Å². The first kappa shape index (κ1) is 12.9. The van der Waals surface area contributed by atoms with E-state index in [2.05, 4.69) is 9.26 Å². The minimum atomic E-state index is -4.81. The van der Waals surface area contributed by atoms with Crippen LogP contribution in [0.4, 0.5) is 0 Å². The second-order valence-electron chi connectivity index (χ2n) is 2.67. The van der Waals surface area contributed by atoms with Crippen molar-refractivity contribution < 1.29 is 19.0 Å². The van der Waals surface area contributed by atoms with Gasteiger partial charge in [-0.15, -0.1) is 0 Å². The Hall–Kier alpha value is -0.100. The summed E-state index contributed by atoms with van der Waals surface area (Å²) in [6.07, 6.45) is 0. The van der Waals surface area contributed by atoms with E-state index in [0.29, 0.717) is 0 Å². The fraction of sp³-hybridized carbons (Fsp3) is 1.00. The van der Waals surface area contributed by atoms with Crippen LogP contribution in [0.5, 0.6) is 0 Å². The van der Waals surface area contributed by atoms with E-state index in [1.54, 1.807) is 0 Å². The third-order valence-electron chi connectivity index (χ3n) is 1.29. The molecule has 0 aromatic heterocycles. The molecule has 0 aliphatic heterocycles. The Morgan fingerprint density at radius 2 is 1.62 bits per heavy atom. The van der Waals surface area contributed by atoms with Gasteiger partial charge >= 0.3 is 74.2 Å². The van der Waals surface area contributed by atoms with E-state index in [1.807, 2.05) is 4.95 Å². The normalized spacial score (nSPS) is 15.5. The van der Waals surface area contributed by atoms with Crippen LogP contribution in [0.15, 0.2) is 9.89 Å². The van der Waals surface area contributed by atoms with Gasteiger partial charge in [0.05, 0.1) is 0 Å². The van der Waals surface area contributed by atoms with Crippen LogP contribution in [-0.2, 0) is 4.31 Å². The van der Waals surface area contributed by atoms with Gasteiger partial charge in [-0.3, -0.25) is 0 Å². The van der Waals surface area contributed by atoms with Crippen molar-refractivity contribution in [1.82, 2.24) is 0 Å². The van der Waals surface area contributed by atoms with Gasteiger partial charge in [0.15, 0.2) is 0 Å². The summed E-state index contributed by atoms with van der Waals surface area (Å²) in [6.45, 7) is 2.81. The molecule has 0 aliphatic rings. The molecular formula is C3H12N2O6P2. The SMILES string of the molecule is CC(C)[PH](O)(N=O)O[PH](O)(O)N=O. The average molecular weight is 234 g/mol. The molecule has 0 atom stereocenters. The first-order valence-corrected chi connectivity index (χ1v) is 6.96. The Morgan fingerprint density at radius 3 is 1.85 bits per heavy atom. The van der Waals surface area contributed by atoms with Crippen molar-refractivity contribution in [2.45, 2.75) is 19.5 Å². The standard InChI is InChI=1S/C3H12N2O6P2/c1-3(2)12(8,4-6)11-13(9,10)5-7/h3,8-10,12-13H,1-2H3. The van der Waals surface area contributed by atoms with Crippen molar-refractivity contribution in [2.24, 2.45) is 9.89 Å². The number of hydrogen-bond acceptors (Lipinski definition) is 8. The van der Waals surface area contributed by atoms with Crippen molar-refractivity contribution >= 4 is 16.0 Å². The fourth-order valence-corrected chi connectivity index (χ4v) is 3.53. The van der Waals surface area contributed by atoms with Gasteiger partial charge in [0, 0.05) is 0 Å². The van der Waals surface area contributed by atoms with Crippen molar-refractivity contribution in [3.8, 4) is 0 Å². The van der Waals surface area contributed by atoms with E-state index in [4.69, 9.17) is 9.79 Å². The Balaban J connectivity index is 4.63. The molecule has 0 aromatic rings. The summed E-state index contributed by atoms with van der Waals surface area (Å²) in [4.78, 5) is 50.9. The van der Waals surface area contributed by atoms with Crippen LogP contribution in [0.25, 0.3) is 0 Å². The molecule has 0 radical (unpaired) electrons. The molecule has 0 rings (SSSR count). The van der Waals surface area contributed by atoms with E-state index in [0.717, 1.165) is 0 Å². The van der Waals surface area contributed by atoms with E-state index in [9.17, 15) is 14.7 Å². The summed E-state index contributed by atoms with van der Waals surface area (Å²) >= 11 is 0. The van der Waals surface area contributed by atoms with Crippen LogP contribution in [-0.4, -0.2) is 20.3 Å². The van der Waals surface area contributed by atoms with E-state index < -0.39 is 21.6 Å². The molecule has 80 valence electrons. The second-order valence-corrected chi connectivity index (χ2v) is 7.47. The molecule has 0 aromatic carbocycles. The van der Waals surface area contributed by atoms with Gasteiger partial charge in [0.2, 0.25) is 0 Å². The maximum atomic E-state index is 10.2. The number of hydrogen-bond donors (Lipinski definition) is 3. The summed E-state index contributed by atoms with van der Waals surface area (Å²) in [5.41, 5.74) is -0.696. The molecule has 3 N–H and O–H groups in total. The van der Waals surface area contributed by atoms with Gasteiger partial charge in [-0.2, -0.15) is 0 Å². The predicted molar refractivity (Wildman–Crippen MR) is 51.1 cm³/mol. The van der Waals surface area contributed by atoms with Gasteiger partial charge < -0.3 is 0 Å². The van der Waals surface area contributed by atoms with Crippen LogP contribution in [0.2, 0.25) is 0 Å². The Morgan fingerprint density at radius 1 is 1.15 bits per heavy atom. The molecule has 10 heteroatoms. The fourth-order valence-electron chi connectivity index (χ4n) is 0.462. The molecule has 0 saturated heterocycles. The summed E-state index contributed by atoms with van der Waals surface area (Å²) in [5.74, 6) is 0. The molecule has 0 amide bonds. The molecule has 8 nitrogen and oxygen atoms in total.